The van der Waals surface area contributed by atoms with E-state index >= 15 is 0 Å². The van der Waals surface area contributed by atoms with Crippen molar-refractivity contribution in [1.82, 2.24) is 9.78 Å². The molecule has 0 bridgehead atoms. The Morgan fingerprint density at radius 2 is 2.04 bits per heavy atom. The fourth-order valence-corrected chi connectivity index (χ4v) is 5.04. The van der Waals surface area contributed by atoms with E-state index in [-0.39, 0.29) is 24.2 Å². The van der Waals surface area contributed by atoms with Crippen LogP contribution in [0.4, 0.5) is 0 Å². The van der Waals surface area contributed by atoms with Crippen LogP contribution < -0.4 is 0 Å². The molecule has 0 aliphatic carbocycles. The maximum absolute atomic E-state index is 12.0. The second kappa shape index (κ2) is 7.86. The minimum Gasteiger partial charge on any atom is -0.458 e. The van der Waals surface area contributed by atoms with Crippen molar-refractivity contribution in [2.75, 3.05) is 11.5 Å². The first-order valence-electron chi connectivity index (χ1n) is 8.60. The van der Waals surface area contributed by atoms with E-state index in [9.17, 15) is 13.2 Å². The van der Waals surface area contributed by atoms with Crippen LogP contribution in [0.15, 0.2) is 30.3 Å². The third kappa shape index (κ3) is 4.78. The first-order chi connectivity index (χ1) is 12.7. The van der Waals surface area contributed by atoms with Gasteiger partial charge in [-0.2, -0.15) is 5.10 Å². The Balaban J connectivity index is 1.66. The van der Waals surface area contributed by atoms with E-state index in [2.05, 4.69) is 5.10 Å². The highest BCUT2D eigenvalue weighted by Crippen LogP contribution is 2.30. The van der Waals surface area contributed by atoms with Gasteiger partial charge in [0.1, 0.15) is 11.8 Å². The van der Waals surface area contributed by atoms with E-state index in [0.717, 1.165) is 11.1 Å². The summed E-state index contributed by atoms with van der Waals surface area (Å²) in [5.41, 5.74) is 3.27. The Hall–Kier alpha value is -2.12. The van der Waals surface area contributed by atoms with Crippen molar-refractivity contribution < 1.29 is 17.9 Å². The lowest BCUT2D eigenvalue weighted by molar-refractivity contribution is -0.138. The molecule has 1 aromatic heterocycles. The van der Waals surface area contributed by atoms with Crippen LogP contribution in [-0.2, 0) is 26.0 Å². The summed E-state index contributed by atoms with van der Waals surface area (Å²) in [6.07, 6.45) is 3.35. The number of rotatable bonds is 5. The predicted molar refractivity (Wildman–Crippen MR) is 104 cm³/mol. The number of aromatic nitrogens is 2. The van der Waals surface area contributed by atoms with Crippen molar-refractivity contribution in [3.63, 3.8) is 0 Å². The van der Waals surface area contributed by atoms with Gasteiger partial charge in [0.15, 0.2) is 9.84 Å². The van der Waals surface area contributed by atoms with Crippen molar-refractivity contribution in [1.29, 1.82) is 0 Å². The summed E-state index contributed by atoms with van der Waals surface area (Å²) in [6.45, 7) is 3.95. The summed E-state index contributed by atoms with van der Waals surface area (Å²) in [6, 6.07) is 7.47. The Labute approximate surface area is 163 Å². The van der Waals surface area contributed by atoms with Crippen molar-refractivity contribution in [2.45, 2.75) is 32.9 Å². The molecule has 3 rings (SSSR count). The van der Waals surface area contributed by atoms with Gasteiger partial charge < -0.3 is 4.74 Å². The van der Waals surface area contributed by atoms with Gasteiger partial charge in [0.05, 0.1) is 23.2 Å². The number of carbonyl (C=O) groups excluding carboxylic acids is 1. The number of hydrogen-bond donors (Lipinski definition) is 0. The molecule has 144 valence electrons. The Morgan fingerprint density at radius 3 is 2.67 bits per heavy atom. The van der Waals surface area contributed by atoms with E-state index in [1.807, 2.05) is 31.2 Å². The van der Waals surface area contributed by atoms with Crippen LogP contribution in [0.1, 0.15) is 34.8 Å². The molecule has 2 heterocycles. The first-order valence-corrected chi connectivity index (χ1v) is 10.8. The van der Waals surface area contributed by atoms with Gasteiger partial charge >= 0.3 is 5.97 Å². The molecule has 1 aromatic carbocycles. The molecule has 1 aliphatic heterocycles. The number of carbonyl (C=O) groups is 1. The summed E-state index contributed by atoms with van der Waals surface area (Å²) < 4.78 is 30.1. The lowest BCUT2D eigenvalue weighted by Crippen LogP contribution is -2.12. The average Bonchev–Trinajstić information content (AvgIpc) is 3.11. The van der Waals surface area contributed by atoms with Gasteiger partial charge in [-0.05, 0) is 31.9 Å². The number of nitrogens with zero attached hydrogens (tertiary/aromatic N) is 2. The average molecular weight is 409 g/mol. The van der Waals surface area contributed by atoms with Crippen LogP contribution in [0.5, 0.6) is 0 Å². The van der Waals surface area contributed by atoms with Gasteiger partial charge in [-0.1, -0.05) is 41.4 Å². The summed E-state index contributed by atoms with van der Waals surface area (Å²) >= 11 is 6.38. The summed E-state index contributed by atoms with van der Waals surface area (Å²) in [5.74, 6) is -0.304. The number of halogens is 1. The van der Waals surface area contributed by atoms with E-state index in [1.54, 1.807) is 17.7 Å². The van der Waals surface area contributed by atoms with Crippen molar-refractivity contribution in [2.24, 2.45) is 0 Å². The molecule has 1 atom stereocenters. The summed E-state index contributed by atoms with van der Waals surface area (Å²) in [7, 11) is -3.04. The van der Waals surface area contributed by atoms with Crippen LogP contribution in [0.3, 0.4) is 0 Å². The third-order valence-corrected chi connectivity index (χ3v) is 6.64. The number of ether oxygens (including phenoxy) is 1. The molecule has 27 heavy (non-hydrogen) atoms. The SMILES string of the molecule is Cc1ccc(COC(=O)/C=C/c2c(C)nn([C@H]3CCS(=O)(=O)C3)c2Cl)cc1. The van der Waals surface area contributed by atoms with Crippen molar-refractivity contribution in [3.8, 4) is 0 Å². The van der Waals surface area contributed by atoms with Gasteiger partial charge in [0.2, 0.25) is 0 Å². The lowest BCUT2D eigenvalue weighted by Gasteiger charge is -2.09. The van der Waals surface area contributed by atoms with Crippen LogP contribution in [0, 0.1) is 13.8 Å². The highest BCUT2D eigenvalue weighted by Gasteiger charge is 2.31. The van der Waals surface area contributed by atoms with Crippen LogP contribution >= 0.6 is 11.6 Å². The van der Waals surface area contributed by atoms with E-state index in [1.165, 1.54) is 6.08 Å². The molecular weight excluding hydrogens is 388 g/mol. The topological polar surface area (TPSA) is 78.3 Å². The smallest absolute Gasteiger partial charge is 0.331 e. The molecule has 2 aromatic rings. The Morgan fingerprint density at radius 1 is 1.33 bits per heavy atom. The Bertz CT molecular complexity index is 978. The zero-order valence-corrected chi connectivity index (χ0v) is 16.8. The second-order valence-electron chi connectivity index (χ2n) is 6.72. The maximum Gasteiger partial charge on any atom is 0.331 e. The van der Waals surface area contributed by atoms with E-state index in [4.69, 9.17) is 16.3 Å². The lowest BCUT2D eigenvalue weighted by atomic mass is 10.2. The second-order valence-corrected chi connectivity index (χ2v) is 9.30. The zero-order valence-electron chi connectivity index (χ0n) is 15.2. The number of sulfone groups is 1. The summed E-state index contributed by atoms with van der Waals surface area (Å²) in [5, 5.41) is 4.69. The van der Waals surface area contributed by atoms with E-state index < -0.39 is 15.8 Å². The molecule has 0 spiro atoms. The third-order valence-electron chi connectivity index (χ3n) is 4.51. The summed E-state index contributed by atoms with van der Waals surface area (Å²) in [4.78, 5) is 12.0. The largest absolute Gasteiger partial charge is 0.458 e. The normalized spacial score (nSPS) is 18.9. The molecule has 0 amide bonds. The van der Waals surface area contributed by atoms with Crippen molar-refractivity contribution in [3.05, 3.63) is 57.9 Å². The maximum atomic E-state index is 12.0. The van der Waals surface area contributed by atoms with Crippen LogP contribution in [-0.4, -0.2) is 35.7 Å². The predicted octanol–water partition coefficient (Wildman–Crippen LogP) is 3.27. The molecule has 0 N–H and O–H groups in total. The molecule has 1 fully saturated rings. The fraction of sp³-hybridized carbons (Fsp3) is 0.368. The van der Waals surface area contributed by atoms with Gasteiger partial charge in [0, 0.05) is 11.6 Å². The molecular formula is C19H21ClN2O4S. The monoisotopic (exact) mass is 408 g/mol. The fourth-order valence-electron chi connectivity index (χ4n) is 2.97. The van der Waals surface area contributed by atoms with Crippen molar-refractivity contribution >= 4 is 33.5 Å². The first kappa shape index (κ1) is 19.6. The minimum absolute atomic E-state index is 0.0373. The number of benzene rings is 1. The minimum atomic E-state index is -3.04. The standard InChI is InChI=1S/C19H21ClN2O4S/c1-13-3-5-15(6-4-13)11-26-18(23)8-7-17-14(2)21-22(19(17)20)16-9-10-27(24,25)12-16/h3-8,16H,9-12H2,1-2H3/b8-7+/t16-/m0/s1. The quantitative estimate of drug-likeness (QED) is 0.560. The van der Waals surface area contributed by atoms with Gasteiger partial charge in [0.25, 0.3) is 0 Å². The molecule has 6 nitrogen and oxygen atoms in total. The molecule has 0 saturated carbocycles. The van der Waals surface area contributed by atoms with Gasteiger partial charge in [-0.3, -0.25) is 0 Å². The number of hydrogen-bond acceptors (Lipinski definition) is 5. The molecule has 8 heteroatoms. The van der Waals surface area contributed by atoms with E-state index in [0.29, 0.717) is 22.8 Å². The van der Waals surface area contributed by atoms with Gasteiger partial charge in [-0.15, -0.1) is 0 Å². The molecule has 0 radical (unpaired) electrons. The molecule has 0 unspecified atom stereocenters. The highest BCUT2D eigenvalue weighted by atomic mass is 35.5. The zero-order chi connectivity index (χ0) is 19.6. The molecule has 1 saturated heterocycles. The Kier molecular flexibility index (Phi) is 5.72. The van der Waals surface area contributed by atoms with Crippen LogP contribution in [0.25, 0.3) is 6.08 Å². The van der Waals surface area contributed by atoms with Gasteiger partial charge in [-0.25, -0.2) is 17.9 Å². The number of aryl methyl sites for hydroxylation is 2. The number of esters is 1. The highest BCUT2D eigenvalue weighted by molar-refractivity contribution is 7.91. The molecule has 1 aliphatic rings. The van der Waals surface area contributed by atoms with Crippen LogP contribution in [0.2, 0.25) is 5.15 Å².